The van der Waals surface area contributed by atoms with E-state index < -0.39 is 0 Å². The van der Waals surface area contributed by atoms with Crippen molar-refractivity contribution in [1.29, 1.82) is 0 Å². The Hall–Kier alpha value is -0.440. The van der Waals surface area contributed by atoms with Crippen LogP contribution in [0.2, 0.25) is 0 Å². The van der Waals surface area contributed by atoms with Crippen LogP contribution in [-0.2, 0) is 0 Å². The van der Waals surface area contributed by atoms with Crippen molar-refractivity contribution in [3.63, 3.8) is 0 Å². The third kappa shape index (κ3) is 0.962. The average molecular weight is 93.1 g/mol. The molecule has 1 radical (unpaired) electrons. The van der Waals surface area contributed by atoms with Gasteiger partial charge in [-0.3, -0.25) is 0 Å². The molecule has 0 heterocycles. The van der Waals surface area contributed by atoms with E-state index in [0.29, 0.717) is 5.92 Å². The van der Waals surface area contributed by atoms with Gasteiger partial charge in [-0.2, -0.15) is 0 Å². The van der Waals surface area contributed by atoms with Gasteiger partial charge in [0.05, 0.1) is 0 Å². The molecule has 1 atom stereocenters. The summed E-state index contributed by atoms with van der Waals surface area (Å²) in [4.78, 5) is 0. The van der Waals surface area contributed by atoms with Crippen molar-refractivity contribution in [3.05, 3.63) is 6.42 Å². The molecule has 0 aromatic heterocycles. The highest BCUT2D eigenvalue weighted by Crippen LogP contribution is 2.12. The minimum Gasteiger partial charge on any atom is -0.103 e. The van der Waals surface area contributed by atoms with Crippen LogP contribution in [0.3, 0.4) is 0 Å². The Morgan fingerprint density at radius 3 is 2.86 bits per heavy atom. The van der Waals surface area contributed by atoms with Gasteiger partial charge < -0.3 is 0 Å². The highest BCUT2D eigenvalue weighted by atomic mass is 14.1. The molecule has 0 spiro atoms. The highest BCUT2D eigenvalue weighted by Gasteiger charge is 2.03. The van der Waals surface area contributed by atoms with Crippen LogP contribution in [0, 0.1) is 24.2 Å². The van der Waals surface area contributed by atoms with Crippen LogP contribution < -0.4 is 0 Å². The summed E-state index contributed by atoms with van der Waals surface area (Å²) < 4.78 is 0. The van der Waals surface area contributed by atoms with Gasteiger partial charge in [-0.25, -0.2) is 0 Å². The molecule has 1 rings (SSSR count). The van der Waals surface area contributed by atoms with E-state index in [9.17, 15) is 0 Å². The topological polar surface area (TPSA) is 0 Å². The highest BCUT2D eigenvalue weighted by molar-refractivity contribution is 5.13. The molecule has 7 heavy (non-hydrogen) atoms. The van der Waals surface area contributed by atoms with E-state index in [4.69, 9.17) is 0 Å². The monoisotopic (exact) mass is 93.1 g/mol. The lowest BCUT2D eigenvalue weighted by Crippen LogP contribution is -1.87. The lowest BCUT2D eigenvalue weighted by atomic mass is 10.1. The summed E-state index contributed by atoms with van der Waals surface area (Å²) in [5, 5.41) is 0. The fourth-order valence-electron chi connectivity index (χ4n) is 0.753. The third-order valence-electron chi connectivity index (χ3n) is 1.27. The number of rotatable bonds is 1. The van der Waals surface area contributed by atoms with E-state index in [1.807, 2.05) is 0 Å². The van der Waals surface area contributed by atoms with Gasteiger partial charge in [-0.05, 0) is 12.8 Å². The van der Waals surface area contributed by atoms with Crippen LogP contribution in [-0.4, -0.2) is 0 Å². The second kappa shape index (κ2) is 2.02. The molecule has 0 saturated heterocycles. The normalized spacial score (nSPS) is 26.7. The molecule has 0 nitrogen and oxygen atoms in total. The molecule has 0 N–H and O–H groups in total. The Kier molecular flexibility index (Phi) is 1.36. The summed E-state index contributed by atoms with van der Waals surface area (Å²) >= 11 is 0. The van der Waals surface area contributed by atoms with Gasteiger partial charge in [-0.15, -0.1) is 5.92 Å². The largest absolute Gasteiger partial charge is 0.103 e. The first-order valence-corrected chi connectivity index (χ1v) is 2.71. The summed E-state index contributed by atoms with van der Waals surface area (Å²) in [6.45, 7) is 2.07. The first-order valence-electron chi connectivity index (χ1n) is 2.71. The van der Waals surface area contributed by atoms with Crippen molar-refractivity contribution in [2.45, 2.75) is 19.8 Å². The van der Waals surface area contributed by atoms with Crippen LogP contribution in [0.4, 0.5) is 0 Å². The first kappa shape index (κ1) is 4.71. The maximum Gasteiger partial charge on any atom is 0.0240 e. The molecular formula is C7H9. The standard InChI is InChI=1S/C7H9/c1-2-7-5-3-4-6-7/h2,7H,3,5H2,1H3. The van der Waals surface area contributed by atoms with Crippen LogP contribution in [0.15, 0.2) is 0 Å². The molecule has 0 fully saturated rings. The summed E-state index contributed by atoms with van der Waals surface area (Å²) in [5.41, 5.74) is 0. The molecule has 0 heteroatoms. The molecule has 0 aliphatic heterocycles. The minimum absolute atomic E-state index is 0.611. The summed E-state index contributed by atoms with van der Waals surface area (Å²) in [5.74, 6) is 6.75. The smallest absolute Gasteiger partial charge is 0.0240 e. The molecule has 0 amide bonds. The van der Waals surface area contributed by atoms with Gasteiger partial charge in [0.1, 0.15) is 0 Å². The molecule has 1 unspecified atom stereocenters. The summed E-state index contributed by atoms with van der Waals surface area (Å²) in [7, 11) is 0. The number of hydrogen-bond donors (Lipinski definition) is 0. The Balaban J connectivity index is 2.33. The van der Waals surface area contributed by atoms with Crippen molar-refractivity contribution in [2.75, 3.05) is 0 Å². The molecule has 37 valence electrons. The zero-order valence-electron chi connectivity index (χ0n) is 4.57. The van der Waals surface area contributed by atoms with Crippen LogP contribution in [0.5, 0.6) is 0 Å². The molecule has 0 aromatic carbocycles. The number of hydrogen-bond acceptors (Lipinski definition) is 0. The Morgan fingerprint density at radius 2 is 2.57 bits per heavy atom. The quantitative estimate of drug-likeness (QED) is 0.432. The third-order valence-corrected chi connectivity index (χ3v) is 1.27. The average Bonchev–Trinajstić information content (AvgIpc) is 2.14. The molecule has 0 saturated carbocycles. The summed E-state index contributed by atoms with van der Waals surface area (Å²) in [6.07, 6.45) is 4.51. The fraction of sp³-hybridized carbons (Fsp3) is 0.571. The Morgan fingerprint density at radius 1 is 1.71 bits per heavy atom. The zero-order valence-corrected chi connectivity index (χ0v) is 4.57. The van der Waals surface area contributed by atoms with E-state index in [1.54, 1.807) is 0 Å². The first-order chi connectivity index (χ1) is 3.43. The van der Waals surface area contributed by atoms with Crippen LogP contribution in [0.25, 0.3) is 0 Å². The van der Waals surface area contributed by atoms with Crippen LogP contribution >= 0.6 is 0 Å². The molecule has 0 aromatic rings. The van der Waals surface area contributed by atoms with Gasteiger partial charge >= 0.3 is 0 Å². The predicted octanol–water partition coefficient (Wildman–Crippen LogP) is 1.62. The minimum atomic E-state index is 0.611. The maximum atomic E-state index is 3.10. The second-order valence-electron chi connectivity index (χ2n) is 1.80. The van der Waals surface area contributed by atoms with Crippen molar-refractivity contribution in [3.8, 4) is 11.8 Å². The Bertz CT molecular complexity index is 103. The van der Waals surface area contributed by atoms with Gasteiger partial charge in [-0.1, -0.05) is 12.8 Å². The van der Waals surface area contributed by atoms with E-state index in [0.717, 1.165) is 6.42 Å². The lowest BCUT2D eigenvalue weighted by molar-refractivity contribution is 0.735. The maximum absolute atomic E-state index is 3.10. The van der Waals surface area contributed by atoms with Gasteiger partial charge in [0.2, 0.25) is 0 Å². The van der Waals surface area contributed by atoms with Gasteiger partial charge in [0, 0.05) is 12.3 Å². The predicted molar refractivity (Wildman–Crippen MR) is 30.5 cm³/mol. The lowest BCUT2D eigenvalue weighted by Gasteiger charge is -1.95. The SMILES string of the molecule is C[CH]C1C#CCC1. The van der Waals surface area contributed by atoms with Gasteiger partial charge in [0.15, 0.2) is 0 Å². The van der Waals surface area contributed by atoms with E-state index in [2.05, 4.69) is 25.2 Å². The molecule has 0 bridgehead atoms. The second-order valence-corrected chi connectivity index (χ2v) is 1.80. The van der Waals surface area contributed by atoms with Crippen molar-refractivity contribution in [1.82, 2.24) is 0 Å². The molecule has 1 aliphatic rings. The van der Waals surface area contributed by atoms with Crippen molar-refractivity contribution >= 4 is 0 Å². The Labute approximate surface area is 44.9 Å². The van der Waals surface area contributed by atoms with Crippen molar-refractivity contribution in [2.24, 2.45) is 5.92 Å². The molecule has 1 aliphatic carbocycles. The van der Waals surface area contributed by atoms with E-state index in [1.165, 1.54) is 6.42 Å². The fourth-order valence-corrected chi connectivity index (χ4v) is 0.753. The van der Waals surface area contributed by atoms with E-state index in [-0.39, 0.29) is 0 Å². The van der Waals surface area contributed by atoms with E-state index >= 15 is 0 Å². The van der Waals surface area contributed by atoms with Crippen molar-refractivity contribution < 1.29 is 0 Å². The molecular weight excluding hydrogens is 84.1 g/mol. The zero-order chi connectivity index (χ0) is 5.11. The van der Waals surface area contributed by atoms with Gasteiger partial charge in [0.25, 0.3) is 0 Å². The van der Waals surface area contributed by atoms with Crippen LogP contribution in [0.1, 0.15) is 19.8 Å². The summed E-state index contributed by atoms with van der Waals surface area (Å²) in [6, 6.07) is 0.